The van der Waals surface area contributed by atoms with Crippen LogP contribution in [-0.2, 0) is 42.3 Å². The Kier molecular flexibility index (Phi) is 10.9. The monoisotopic (exact) mass is 743 g/mol. The Morgan fingerprint density at radius 2 is 1.76 bits per heavy atom. The third-order valence-corrected chi connectivity index (χ3v) is 12.5. The topological polar surface area (TPSA) is 128 Å². The van der Waals surface area contributed by atoms with Gasteiger partial charge in [-0.1, -0.05) is 31.2 Å². The minimum atomic E-state index is -1.32. The highest BCUT2D eigenvalue weighted by atomic mass is 35.5. The summed E-state index contributed by atoms with van der Waals surface area (Å²) in [5.74, 6) is 0.263. The lowest BCUT2D eigenvalue weighted by Gasteiger charge is -2.32. The van der Waals surface area contributed by atoms with Crippen molar-refractivity contribution in [2.24, 2.45) is 7.05 Å². The minimum absolute atomic E-state index is 0.0826. The molecule has 4 aliphatic rings. The van der Waals surface area contributed by atoms with Gasteiger partial charge >= 0.3 is 6.01 Å². The quantitative estimate of drug-likeness (QED) is 0.197. The van der Waals surface area contributed by atoms with Crippen molar-refractivity contribution in [1.82, 2.24) is 24.0 Å². The van der Waals surface area contributed by atoms with E-state index in [2.05, 4.69) is 19.6 Å². The normalized spacial score (nSPS) is 25.8. The molecule has 4 aliphatic heterocycles. The molecule has 0 N–H and O–H groups in total. The van der Waals surface area contributed by atoms with E-state index in [0.717, 1.165) is 43.8 Å². The number of rotatable bonds is 11. The number of piperidine rings is 1. The zero-order chi connectivity index (χ0) is 35.9. The van der Waals surface area contributed by atoms with Crippen molar-refractivity contribution in [2.45, 2.75) is 108 Å². The lowest BCUT2D eigenvalue weighted by Crippen LogP contribution is -2.38. The fraction of sp³-hybridized carbons (Fsp3) is 0.667. The number of amides is 1. The minimum Gasteiger partial charge on any atom is -0.456 e. The van der Waals surface area contributed by atoms with Gasteiger partial charge in [-0.25, -0.2) is 4.98 Å². The number of halogens is 1. The molecule has 7 heterocycles. The van der Waals surface area contributed by atoms with E-state index < -0.39 is 14.2 Å². The SMILES string of the molecule is CC(=O)N1CCC(c2ccc(-c3nc4nc(O[C@@H]5CO[C@H]6[C@@H]5OC[C@H]6OC5CCCCO5)n(COCC[Si](C)(C)C)c4cc3Cl)c(=O)n2C)CC1. The van der Waals surface area contributed by atoms with Gasteiger partial charge in [-0.15, -0.1) is 0 Å². The molecule has 1 amide bonds. The van der Waals surface area contributed by atoms with Crippen molar-refractivity contribution in [3.05, 3.63) is 39.3 Å². The van der Waals surface area contributed by atoms with Gasteiger partial charge in [0.2, 0.25) is 5.91 Å². The number of imidazole rings is 1. The molecular formula is C36H50ClN5O8Si. The van der Waals surface area contributed by atoms with Crippen molar-refractivity contribution in [3.8, 4) is 17.3 Å². The maximum atomic E-state index is 13.8. The number of pyridine rings is 2. The first-order valence-corrected chi connectivity index (χ1v) is 22.3. The number of nitrogens with zero attached hydrogens (tertiary/aromatic N) is 5. The Labute approximate surface area is 304 Å². The van der Waals surface area contributed by atoms with Crippen molar-refractivity contribution in [1.29, 1.82) is 0 Å². The summed E-state index contributed by atoms with van der Waals surface area (Å²) in [5.41, 5.74) is 2.51. The Balaban J connectivity index is 1.14. The summed E-state index contributed by atoms with van der Waals surface area (Å²) in [6, 6.07) is 6.88. The van der Waals surface area contributed by atoms with Crippen LogP contribution in [0.25, 0.3) is 22.4 Å². The molecule has 5 atom stereocenters. The van der Waals surface area contributed by atoms with E-state index in [4.69, 9.17) is 50.0 Å². The molecular weight excluding hydrogens is 694 g/mol. The highest BCUT2D eigenvalue weighted by Gasteiger charge is 2.51. The fourth-order valence-electron chi connectivity index (χ4n) is 7.47. The molecule has 7 rings (SSSR count). The van der Waals surface area contributed by atoms with Crippen LogP contribution in [-0.4, -0.2) is 108 Å². The molecule has 3 aromatic rings. The van der Waals surface area contributed by atoms with Crippen LogP contribution in [0.2, 0.25) is 30.7 Å². The molecule has 13 nitrogen and oxygen atoms in total. The summed E-state index contributed by atoms with van der Waals surface area (Å²) >= 11 is 6.91. The van der Waals surface area contributed by atoms with Crippen molar-refractivity contribution in [3.63, 3.8) is 0 Å². The van der Waals surface area contributed by atoms with Crippen LogP contribution >= 0.6 is 11.6 Å². The summed E-state index contributed by atoms with van der Waals surface area (Å²) in [7, 11) is 0.464. The smallest absolute Gasteiger partial charge is 0.301 e. The number of likely N-dealkylation sites (tertiary alicyclic amines) is 1. The molecule has 0 spiro atoms. The van der Waals surface area contributed by atoms with Crippen molar-refractivity contribution in [2.75, 3.05) is 39.5 Å². The van der Waals surface area contributed by atoms with Gasteiger partial charge in [0, 0.05) is 60.0 Å². The summed E-state index contributed by atoms with van der Waals surface area (Å²) in [5, 5.41) is 0.324. The predicted octanol–water partition coefficient (Wildman–Crippen LogP) is 4.95. The third kappa shape index (κ3) is 7.92. The van der Waals surface area contributed by atoms with E-state index in [1.165, 1.54) is 0 Å². The molecule has 278 valence electrons. The summed E-state index contributed by atoms with van der Waals surface area (Å²) in [6.07, 6.45) is 3.10. The standard InChI is InChI=1S/C36H50ClN5O8Si/c1-22(43)41-13-11-23(12-14-41)26-10-9-24(35(44)40(26)2)31-25(37)18-27-34(38-31)39-36(42(27)21-45-16-17-51(3,4)5)50-29-20-48-32-28(19-47-33(29)32)49-30-8-6-7-15-46-30/h9-10,18,23,28-30,32-33H,6-8,11-17,19-21H2,1-5H3/t28-,29-,30?,32-,33-/m1/s1. The molecule has 0 bridgehead atoms. The Morgan fingerprint density at radius 1 is 1.02 bits per heavy atom. The van der Waals surface area contributed by atoms with Gasteiger partial charge in [-0.3, -0.25) is 14.2 Å². The predicted molar refractivity (Wildman–Crippen MR) is 194 cm³/mol. The van der Waals surface area contributed by atoms with Crippen LogP contribution in [0.3, 0.4) is 0 Å². The van der Waals surface area contributed by atoms with Gasteiger partial charge < -0.3 is 37.9 Å². The highest BCUT2D eigenvalue weighted by molar-refractivity contribution is 6.76. The second-order valence-corrected chi connectivity index (χ2v) is 21.4. The molecule has 0 aliphatic carbocycles. The van der Waals surface area contributed by atoms with Crippen LogP contribution in [0.5, 0.6) is 6.01 Å². The maximum Gasteiger partial charge on any atom is 0.301 e. The average molecular weight is 744 g/mol. The molecule has 4 fully saturated rings. The maximum absolute atomic E-state index is 13.8. The third-order valence-electron chi connectivity index (χ3n) is 10.5. The lowest BCUT2D eigenvalue weighted by atomic mass is 9.92. The first-order chi connectivity index (χ1) is 24.5. The van der Waals surface area contributed by atoms with E-state index in [0.29, 0.717) is 73.0 Å². The Morgan fingerprint density at radius 3 is 2.47 bits per heavy atom. The average Bonchev–Trinajstić information content (AvgIpc) is 3.79. The first-order valence-electron chi connectivity index (χ1n) is 18.2. The molecule has 0 aromatic carbocycles. The number of hydrogen-bond acceptors (Lipinski definition) is 10. The largest absolute Gasteiger partial charge is 0.456 e. The summed E-state index contributed by atoms with van der Waals surface area (Å²) in [6.45, 7) is 12.1. The fourth-order valence-corrected chi connectivity index (χ4v) is 8.47. The van der Waals surface area contributed by atoms with Crippen molar-refractivity contribution < 1.29 is 33.2 Å². The zero-order valence-electron chi connectivity index (χ0n) is 30.3. The molecule has 4 saturated heterocycles. The summed E-state index contributed by atoms with van der Waals surface area (Å²) < 4.78 is 40.6. The van der Waals surface area contributed by atoms with Gasteiger partial charge in [-0.05, 0) is 56.3 Å². The van der Waals surface area contributed by atoms with Gasteiger partial charge in [0.15, 0.2) is 18.0 Å². The molecule has 0 radical (unpaired) electrons. The van der Waals surface area contributed by atoms with Gasteiger partial charge in [-0.2, -0.15) is 4.98 Å². The van der Waals surface area contributed by atoms with Gasteiger partial charge in [0.25, 0.3) is 5.56 Å². The number of carbonyl (C=O) groups is 1. The zero-order valence-corrected chi connectivity index (χ0v) is 32.0. The van der Waals surface area contributed by atoms with E-state index in [-0.39, 0.29) is 48.7 Å². The van der Waals surface area contributed by atoms with Crippen LogP contribution in [0.1, 0.15) is 50.6 Å². The Bertz CT molecular complexity index is 1780. The second-order valence-electron chi connectivity index (χ2n) is 15.4. The van der Waals surface area contributed by atoms with Crippen molar-refractivity contribution >= 4 is 36.7 Å². The first kappa shape index (κ1) is 36.5. The number of hydrogen-bond donors (Lipinski definition) is 0. The molecule has 0 saturated carbocycles. The van der Waals surface area contributed by atoms with Crippen LogP contribution in [0.15, 0.2) is 23.0 Å². The Hall–Kier alpha value is -2.85. The van der Waals surface area contributed by atoms with Crippen LogP contribution < -0.4 is 10.3 Å². The number of ether oxygens (including phenoxy) is 6. The second kappa shape index (κ2) is 15.2. The number of aromatic nitrogens is 4. The molecule has 3 aromatic heterocycles. The van der Waals surface area contributed by atoms with Crippen LogP contribution in [0, 0.1) is 0 Å². The highest BCUT2D eigenvalue weighted by Crippen LogP contribution is 2.36. The number of fused-ring (bicyclic) bond motifs is 2. The lowest BCUT2D eigenvalue weighted by molar-refractivity contribution is -0.202. The van der Waals surface area contributed by atoms with Crippen LogP contribution in [0.4, 0.5) is 0 Å². The van der Waals surface area contributed by atoms with E-state index in [9.17, 15) is 9.59 Å². The molecule has 51 heavy (non-hydrogen) atoms. The van der Waals surface area contributed by atoms with E-state index >= 15 is 0 Å². The number of carbonyl (C=O) groups excluding carboxylic acids is 1. The van der Waals surface area contributed by atoms with E-state index in [1.807, 2.05) is 15.5 Å². The molecule has 1 unspecified atom stereocenters. The van der Waals surface area contributed by atoms with E-state index in [1.54, 1.807) is 30.7 Å². The van der Waals surface area contributed by atoms with Gasteiger partial charge in [0.05, 0.1) is 35.0 Å². The van der Waals surface area contributed by atoms with Gasteiger partial charge in [0.1, 0.15) is 25.0 Å². The summed E-state index contributed by atoms with van der Waals surface area (Å²) in [4.78, 5) is 37.1. The molecule has 15 heteroatoms.